The molecule has 0 fully saturated rings. The molecular formula is C20H25FN2O3. The summed E-state index contributed by atoms with van der Waals surface area (Å²) < 4.78 is 20.9. The molecule has 2 rings (SSSR count). The molecular weight excluding hydrogens is 335 g/mol. The highest BCUT2D eigenvalue weighted by atomic mass is 19.1. The first-order valence-electron chi connectivity index (χ1n) is 8.68. The maximum absolute atomic E-state index is 14.2. The second kappa shape index (κ2) is 8.17. The van der Waals surface area contributed by atoms with Crippen LogP contribution in [-0.2, 0) is 9.53 Å². The van der Waals surface area contributed by atoms with Crippen molar-refractivity contribution in [3.63, 3.8) is 0 Å². The van der Waals surface area contributed by atoms with Gasteiger partial charge in [-0.15, -0.1) is 0 Å². The van der Waals surface area contributed by atoms with Gasteiger partial charge in [0.1, 0.15) is 12.4 Å². The lowest BCUT2D eigenvalue weighted by Gasteiger charge is -2.25. The van der Waals surface area contributed by atoms with Crippen LogP contribution in [0.15, 0.2) is 30.3 Å². The number of hydrogen-bond donors (Lipinski definition) is 0. The third kappa shape index (κ3) is 3.95. The number of halogens is 1. The van der Waals surface area contributed by atoms with E-state index in [0.717, 1.165) is 5.69 Å². The molecule has 1 aromatic carbocycles. The van der Waals surface area contributed by atoms with Gasteiger partial charge in [0, 0.05) is 17.4 Å². The predicted molar refractivity (Wildman–Crippen MR) is 98.0 cm³/mol. The second-order valence-electron chi connectivity index (χ2n) is 6.40. The van der Waals surface area contributed by atoms with Crippen molar-refractivity contribution in [2.45, 2.75) is 40.7 Å². The first-order valence-corrected chi connectivity index (χ1v) is 8.68. The van der Waals surface area contributed by atoms with Crippen molar-refractivity contribution in [1.82, 2.24) is 9.47 Å². The summed E-state index contributed by atoms with van der Waals surface area (Å²) in [7, 11) is 0. The van der Waals surface area contributed by atoms with Crippen LogP contribution in [0.4, 0.5) is 4.39 Å². The minimum atomic E-state index is -0.447. The number of esters is 1. The van der Waals surface area contributed by atoms with Crippen molar-refractivity contribution in [1.29, 1.82) is 0 Å². The van der Waals surface area contributed by atoms with Crippen molar-refractivity contribution in [2.75, 3.05) is 13.2 Å². The Morgan fingerprint density at radius 3 is 2.46 bits per heavy atom. The van der Waals surface area contributed by atoms with Crippen molar-refractivity contribution in [2.24, 2.45) is 0 Å². The highest BCUT2D eigenvalue weighted by Crippen LogP contribution is 2.24. The summed E-state index contributed by atoms with van der Waals surface area (Å²) in [5.74, 6) is -1.08. The number of hydrogen-bond acceptors (Lipinski definition) is 3. The molecule has 6 heteroatoms. The number of ether oxygens (including phenoxy) is 1. The summed E-state index contributed by atoms with van der Waals surface area (Å²) in [5, 5.41) is 0. The van der Waals surface area contributed by atoms with E-state index in [1.54, 1.807) is 42.7 Å². The molecule has 0 saturated carbocycles. The van der Waals surface area contributed by atoms with Gasteiger partial charge in [-0.1, -0.05) is 12.1 Å². The monoisotopic (exact) mass is 360 g/mol. The number of carbonyl (C=O) groups excluding carboxylic acids is 2. The Bertz CT molecular complexity index is 811. The molecule has 1 aromatic heterocycles. The summed E-state index contributed by atoms with van der Waals surface area (Å²) in [5.41, 5.74) is 2.22. The van der Waals surface area contributed by atoms with Crippen molar-refractivity contribution in [3.8, 4) is 5.69 Å². The number of aromatic nitrogens is 1. The Kier molecular flexibility index (Phi) is 6.18. The normalized spacial score (nSPS) is 10.9. The number of rotatable bonds is 6. The lowest BCUT2D eigenvalue weighted by molar-refractivity contribution is -0.144. The highest BCUT2D eigenvalue weighted by molar-refractivity contribution is 5.97. The molecule has 0 aliphatic carbocycles. The molecule has 0 spiro atoms. The van der Waals surface area contributed by atoms with Gasteiger partial charge in [0.25, 0.3) is 5.91 Å². The number of amides is 1. The van der Waals surface area contributed by atoms with Gasteiger partial charge >= 0.3 is 5.97 Å². The van der Waals surface area contributed by atoms with Crippen LogP contribution in [-0.4, -0.2) is 40.5 Å². The van der Waals surface area contributed by atoms with E-state index in [-0.39, 0.29) is 30.9 Å². The summed E-state index contributed by atoms with van der Waals surface area (Å²) in [6, 6.07) is 7.98. The largest absolute Gasteiger partial charge is 0.465 e. The van der Waals surface area contributed by atoms with Gasteiger partial charge in [0.05, 0.1) is 17.9 Å². The maximum Gasteiger partial charge on any atom is 0.325 e. The van der Waals surface area contributed by atoms with Gasteiger partial charge in [-0.2, -0.15) is 0 Å². The van der Waals surface area contributed by atoms with E-state index in [4.69, 9.17) is 4.74 Å². The molecule has 0 bridgehead atoms. The summed E-state index contributed by atoms with van der Waals surface area (Å²) >= 11 is 0. The molecule has 0 aliphatic rings. The van der Waals surface area contributed by atoms with Gasteiger partial charge in [-0.05, 0) is 52.8 Å². The van der Waals surface area contributed by atoms with Crippen LogP contribution in [0.1, 0.15) is 42.5 Å². The van der Waals surface area contributed by atoms with Gasteiger partial charge < -0.3 is 14.2 Å². The van der Waals surface area contributed by atoms with Crippen LogP contribution in [0.2, 0.25) is 0 Å². The fraction of sp³-hybridized carbons (Fsp3) is 0.400. The second-order valence-corrected chi connectivity index (χ2v) is 6.40. The number of carbonyl (C=O) groups is 2. The van der Waals surface area contributed by atoms with E-state index < -0.39 is 5.97 Å². The fourth-order valence-corrected chi connectivity index (χ4v) is 2.97. The zero-order chi connectivity index (χ0) is 19.4. The Hall–Kier alpha value is -2.63. The molecule has 0 radical (unpaired) electrons. The molecule has 0 aliphatic heterocycles. The molecule has 0 atom stereocenters. The number of nitrogens with zero attached hydrogens (tertiary/aromatic N) is 2. The molecule has 0 unspecified atom stereocenters. The van der Waals surface area contributed by atoms with Crippen LogP contribution < -0.4 is 0 Å². The Morgan fingerprint density at radius 2 is 1.88 bits per heavy atom. The molecule has 0 saturated heterocycles. The molecule has 0 N–H and O–H groups in total. The Balaban J connectivity index is 2.42. The molecule has 26 heavy (non-hydrogen) atoms. The molecule has 2 aromatic rings. The molecule has 1 heterocycles. The lowest BCUT2D eigenvalue weighted by Crippen LogP contribution is -2.41. The van der Waals surface area contributed by atoms with Crippen LogP contribution in [0, 0.1) is 19.7 Å². The lowest BCUT2D eigenvalue weighted by atomic mass is 10.2. The minimum absolute atomic E-state index is 0.117. The van der Waals surface area contributed by atoms with E-state index in [1.165, 1.54) is 11.0 Å². The third-order valence-corrected chi connectivity index (χ3v) is 4.24. The average Bonchev–Trinajstić information content (AvgIpc) is 2.87. The quantitative estimate of drug-likeness (QED) is 0.739. The number of aryl methyl sites for hydroxylation is 1. The van der Waals surface area contributed by atoms with Gasteiger partial charge in [0.15, 0.2) is 0 Å². The van der Waals surface area contributed by atoms with Gasteiger partial charge in [0.2, 0.25) is 0 Å². The van der Waals surface area contributed by atoms with E-state index in [9.17, 15) is 14.0 Å². The first-order chi connectivity index (χ1) is 12.3. The minimum Gasteiger partial charge on any atom is -0.465 e. The van der Waals surface area contributed by atoms with Crippen LogP contribution >= 0.6 is 0 Å². The average molecular weight is 360 g/mol. The van der Waals surface area contributed by atoms with Gasteiger partial charge in [-0.25, -0.2) is 4.39 Å². The van der Waals surface area contributed by atoms with E-state index in [2.05, 4.69) is 0 Å². The Labute approximate surface area is 153 Å². The summed E-state index contributed by atoms with van der Waals surface area (Å²) in [4.78, 5) is 26.3. The number of benzene rings is 1. The smallest absolute Gasteiger partial charge is 0.325 e. The number of para-hydroxylation sites is 1. The van der Waals surface area contributed by atoms with Crippen molar-refractivity contribution >= 4 is 11.9 Å². The van der Waals surface area contributed by atoms with Gasteiger partial charge in [-0.3, -0.25) is 9.59 Å². The standard InChI is InChI=1S/C20H25FN2O3/c1-6-26-19(24)12-22(13(2)3)20(25)16-11-14(4)23(15(16)5)18-10-8-7-9-17(18)21/h7-11,13H,6,12H2,1-5H3. The van der Waals surface area contributed by atoms with E-state index in [1.807, 2.05) is 20.8 Å². The van der Waals surface area contributed by atoms with E-state index >= 15 is 0 Å². The van der Waals surface area contributed by atoms with Crippen LogP contribution in [0.25, 0.3) is 5.69 Å². The maximum atomic E-state index is 14.2. The Morgan fingerprint density at radius 1 is 1.23 bits per heavy atom. The van der Waals surface area contributed by atoms with Crippen molar-refractivity contribution in [3.05, 3.63) is 53.1 Å². The van der Waals surface area contributed by atoms with E-state index in [0.29, 0.717) is 16.9 Å². The highest BCUT2D eigenvalue weighted by Gasteiger charge is 2.26. The summed E-state index contributed by atoms with van der Waals surface area (Å²) in [6.45, 7) is 9.15. The third-order valence-electron chi connectivity index (χ3n) is 4.24. The zero-order valence-electron chi connectivity index (χ0n) is 15.9. The summed E-state index contributed by atoms with van der Waals surface area (Å²) in [6.07, 6.45) is 0. The van der Waals surface area contributed by atoms with Crippen molar-refractivity contribution < 1.29 is 18.7 Å². The fourth-order valence-electron chi connectivity index (χ4n) is 2.97. The SMILES string of the molecule is CCOC(=O)CN(C(=O)c1cc(C)n(-c2ccccc2F)c1C)C(C)C. The van der Waals surface area contributed by atoms with Crippen LogP contribution in [0.5, 0.6) is 0 Å². The van der Waals surface area contributed by atoms with Crippen LogP contribution in [0.3, 0.4) is 0 Å². The topological polar surface area (TPSA) is 51.5 Å². The molecule has 140 valence electrons. The molecule has 5 nitrogen and oxygen atoms in total. The first kappa shape index (κ1) is 19.7. The zero-order valence-corrected chi connectivity index (χ0v) is 15.9. The molecule has 1 amide bonds. The predicted octanol–water partition coefficient (Wildman–Crippen LogP) is 3.65.